The smallest absolute Gasteiger partial charge is 0.331 e. The number of carboxylic acid groups (broad SMARTS) is 1. The largest absolute Gasteiger partial charge is 0.480 e. The maximum absolute atomic E-state index is 12.6. The summed E-state index contributed by atoms with van der Waals surface area (Å²) >= 11 is 0. The molecule has 1 aliphatic rings. The van der Waals surface area contributed by atoms with E-state index in [-0.39, 0.29) is 6.54 Å². The van der Waals surface area contributed by atoms with Crippen molar-refractivity contribution in [3.05, 3.63) is 69.0 Å². The van der Waals surface area contributed by atoms with Crippen LogP contribution in [0.2, 0.25) is 0 Å². The minimum Gasteiger partial charge on any atom is -0.480 e. The minimum absolute atomic E-state index is 0.273. The highest BCUT2D eigenvalue weighted by Crippen LogP contribution is 2.17. The van der Waals surface area contributed by atoms with Gasteiger partial charge in [0.2, 0.25) is 5.91 Å². The molecule has 136 valence electrons. The molecule has 0 spiro atoms. The molecule has 0 saturated carbocycles. The van der Waals surface area contributed by atoms with Gasteiger partial charge in [0, 0.05) is 18.8 Å². The van der Waals surface area contributed by atoms with Crippen LogP contribution in [0.1, 0.15) is 18.4 Å². The fraction of sp³-hybridized carbons (Fsp3) is 0.333. The molecule has 0 unspecified atom stereocenters. The zero-order valence-electron chi connectivity index (χ0n) is 14.1. The van der Waals surface area contributed by atoms with Crippen LogP contribution in [0.15, 0.2) is 52.2 Å². The van der Waals surface area contributed by atoms with E-state index in [1.54, 1.807) is 0 Å². The van der Waals surface area contributed by atoms with Crippen molar-refractivity contribution in [2.45, 2.75) is 32.0 Å². The van der Waals surface area contributed by atoms with E-state index < -0.39 is 35.7 Å². The standard InChI is InChI=1S/C18H19N3O5/c22-15-8-10-19(11-13-5-2-1-3-6-13)18(26)21(15)12-16(23)20-9-4-7-14(20)17(24)25/h1-3,5-6,8,10,14H,4,7,9,11-12H2,(H,24,25)/t14-/m1/s1. The van der Waals surface area contributed by atoms with Crippen LogP contribution in [-0.2, 0) is 22.7 Å². The normalized spacial score (nSPS) is 16.6. The monoisotopic (exact) mass is 357 g/mol. The molecular weight excluding hydrogens is 338 g/mol. The SMILES string of the molecule is O=C(O)[C@H]1CCCN1C(=O)Cn1c(=O)ccn(Cc2ccccc2)c1=O. The summed E-state index contributed by atoms with van der Waals surface area (Å²) in [6.07, 6.45) is 2.36. The van der Waals surface area contributed by atoms with Crippen LogP contribution in [0, 0.1) is 0 Å². The molecule has 0 bridgehead atoms. The third-order valence-electron chi connectivity index (χ3n) is 4.49. The summed E-state index contributed by atoms with van der Waals surface area (Å²) in [6.45, 7) is 0.127. The van der Waals surface area contributed by atoms with Crippen molar-refractivity contribution < 1.29 is 14.7 Å². The van der Waals surface area contributed by atoms with Gasteiger partial charge in [0.05, 0.1) is 6.54 Å². The summed E-state index contributed by atoms with van der Waals surface area (Å²) in [4.78, 5) is 49.6. The van der Waals surface area contributed by atoms with Gasteiger partial charge >= 0.3 is 11.7 Å². The molecule has 1 saturated heterocycles. The molecule has 26 heavy (non-hydrogen) atoms. The number of hydrogen-bond acceptors (Lipinski definition) is 4. The average molecular weight is 357 g/mol. The summed E-state index contributed by atoms with van der Waals surface area (Å²) in [5.41, 5.74) is -0.295. The lowest BCUT2D eigenvalue weighted by Crippen LogP contribution is -2.47. The van der Waals surface area contributed by atoms with Gasteiger partial charge in [-0.05, 0) is 18.4 Å². The highest BCUT2D eigenvalue weighted by Gasteiger charge is 2.34. The molecule has 0 radical (unpaired) electrons. The van der Waals surface area contributed by atoms with E-state index in [1.165, 1.54) is 21.7 Å². The van der Waals surface area contributed by atoms with E-state index in [0.717, 1.165) is 10.1 Å². The summed E-state index contributed by atoms with van der Waals surface area (Å²) in [5.74, 6) is -1.61. The summed E-state index contributed by atoms with van der Waals surface area (Å²) in [5, 5.41) is 9.19. The zero-order valence-corrected chi connectivity index (χ0v) is 14.1. The second-order valence-corrected chi connectivity index (χ2v) is 6.22. The van der Waals surface area contributed by atoms with E-state index in [1.807, 2.05) is 30.3 Å². The van der Waals surface area contributed by atoms with Crippen molar-refractivity contribution >= 4 is 11.9 Å². The van der Waals surface area contributed by atoms with Gasteiger partial charge in [0.15, 0.2) is 0 Å². The number of carbonyl (C=O) groups is 2. The van der Waals surface area contributed by atoms with E-state index in [0.29, 0.717) is 19.4 Å². The van der Waals surface area contributed by atoms with Gasteiger partial charge in [-0.1, -0.05) is 30.3 Å². The van der Waals surface area contributed by atoms with E-state index in [9.17, 15) is 24.3 Å². The molecule has 2 aromatic rings. The van der Waals surface area contributed by atoms with E-state index >= 15 is 0 Å². The first kappa shape index (κ1) is 17.7. The summed E-state index contributed by atoms with van der Waals surface area (Å²) in [6, 6.07) is 9.60. The number of benzene rings is 1. The molecule has 1 fully saturated rings. The summed E-state index contributed by atoms with van der Waals surface area (Å²) in [7, 11) is 0. The van der Waals surface area contributed by atoms with Crippen molar-refractivity contribution in [2.75, 3.05) is 6.54 Å². The maximum Gasteiger partial charge on any atom is 0.331 e. The lowest BCUT2D eigenvalue weighted by atomic mass is 10.2. The van der Waals surface area contributed by atoms with Gasteiger partial charge in [-0.25, -0.2) is 9.59 Å². The van der Waals surface area contributed by atoms with Crippen LogP contribution < -0.4 is 11.2 Å². The molecule has 1 atom stereocenters. The molecule has 8 nitrogen and oxygen atoms in total. The number of aliphatic carboxylic acids is 1. The van der Waals surface area contributed by atoms with Gasteiger partial charge < -0.3 is 10.0 Å². The number of carbonyl (C=O) groups excluding carboxylic acids is 1. The van der Waals surface area contributed by atoms with Crippen LogP contribution in [-0.4, -0.2) is 43.6 Å². The fourth-order valence-corrected chi connectivity index (χ4v) is 3.15. The molecule has 1 aromatic carbocycles. The molecular formula is C18H19N3O5. The number of likely N-dealkylation sites (tertiary alicyclic amines) is 1. The first-order chi connectivity index (χ1) is 12.5. The Morgan fingerprint density at radius 1 is 1.12 bits per heavy atom. The van der Waals surface area contributed by atoms with Crippen LogP contribution in [0.3, 0.4) is 0 Å². The highest BCUT2D eigenvalue weighted by molar-refractivity contribution is 5.84. The molecule has 1 amide bonds. The Hall–Kier alpha value is -3.16. The van der Waals surface area contributed by atoms with Gasteiger partial charge in [-0.2, -0.15) is 0 Å². The lowest BCUT2D eigenvalue weighted by Gasteiger charge is -2.21. The topological polar surface area (TPSA) is 102 Å². The van der Waals surface area contributed by atoms with Crippen LogP contribution in [0.5, 0.6) is 0 Å². The quantitative estimate of drug-likeness (QED) is 0.820. The van der Waals surface area contributed by atoms with Gasteiger partial charge in [-0.15, -0.1) is 0 Å². The summed E-state index contributed by atoms with van der Waals surface area (Å²) < 4.78 is 2.20. The highest BCUT2D eigenvalue weighted by atomic mass is 16.4. The fourth-order valence-electron chi connectivity index (χ4n) is 3.15. The predicted molar refractivity (Wildman–Crippen MR) is 92.9 cm³/mol. The average Bonchev–Trinajstić information content (AvgIpc) is 3.12. The molecule has 8 heteroatoms. The molecule has 1 aromatic heterocycles. The number of amides is 1. The van der Waals surface area contributed by atoms with Gasteiger partial charge in [-0.3, -0.25) is 18.7 Å². The Balaban J connectivity index is 1.85. The number of rotatable bonds is 5. The van der Waals surface area contributed by atoms with Crippen molar-refractivity contribution in [1.29, 1.82) is 0 Å². The van der Waals surface area contributed by atoms with Crippen molar-refractivity contribution in [3.63, 3.8) is 0 Å². The molecule has 3 rings (SSSR count). The van der Waals surface area contributed by atoms with Crippen LogP contribution >= 0.6 is 0 Å². The maximum atomic E-state index is 12.6. The van der Waals surface area contributed by atoms with E-state index in [4.69, 9.17) is 0 Å². The van der Waals surface area contributed by atoms with E-state index in [2.05, 4.69) is 0 Å². The second kappa shape index (κ2) is 7.38. The van der Waals surface area contributed by atoms with Gasteiger partial charge in [0.1, 0.15) is 12.6 Å². The van der Waals surface area contributed by atoms with Crippen LogP contribution in [0.4, 0.5) is 0 Å². The Morgan fingerprint density at radius 2 is 1.85 bits per heavy atom. The third kappa shape index (κ3) is 3.58. The number of hydrogen-bond donors (Lipinski definition) is 1. The number of nitrogens with zero attached hydrogens (tertiary/aromatic N) is 3. The Morgan fingerprint density at radius 3 is 2.54 bits per heavy atom. The molecule has 1 aliphatic heterocycles. The first-order valence-electron chi connectivity index (χ1n) is 8.34. The molecule has 2 heterocycles. The predicted octanol–water partition coefficient (Wildman–Crippen LogP) is 0.134. The van der Waals surface area contributed by atoms with Gasteiger partial charge in [0.25, 0.3) is 5.56 Å². The second-order valence-electron chi connectivity index (χ2n) is 6.22. The Kier molecular flexibility index (Phi) is 5.01. The first-order valence-corrected chi connectivity index (χ1v) is 8.34. The van der Waals surface area contributed by atoms with Crippen molar-refractivity contribution in [1.82, 2.24) is 14.0 Å². The zero-order chi connectivity index (χ0) is 18.7. The number of aromatic nitrogens is 2. The lowest BCUT2D eigenvalue weighted by molar-refractivity contribution is -0.148. The minimum atomic E-state index is -1.07. The van der Waals surface area contributed by atoms with Crippen LogP contribution in [0.25, 0.3) is 0 Å². The molecule has 0 aliphatic carbocycles. The third-order valence-corrected chi connectivity index (χ3v) is 4.49. The Bertz CT molecular complexity index is 932. The Labute approximate surface area is 148 Å². The molecule has 1 N–H and O–H groups in total. The van der Waals surface area contributed by atoms with Crippen molar-refractivity contribution in [2.24, 2.45) is 0 Å². The van der Waals surface area contributed by atoms with Crippen molar-refractivity contribution in [3.8, 4) is 0 Å². The number of carboxylic acids is 1.